The van der Waals surface area contributed by atoms with Crippen LogP contribution in [0, 0.1) is 13.8 Å². The molecule has 1 aliphatic heterocycles. The molecule has 0 spiro atoms. The quantitative estimate of drug-likeness (QED) is 0.722. The number of aromatic nitrogens is 4. The predicted molar refractivity (Wildman–Crippen MR) is 86.8 cm³/mol. The maximum Gasteiger partial charge on any atom is 0.259 e. The molecule has 4 rings (SSSR count). The van der Waals surface area contributed by atoms with Gasteiger partial charge in [-0.2, -0.15) is 4.98 Å². The fourth-order valence-corrected chi connectivity index (χ4v) is 3.09. The number of carbonyl (C=O) groups is 1. The summed E-state index contributed by atoms with van der Waals surface area (Å²) in [5.41, 5.74) is 1.55. The standard InChI is InChI=1S/C17H17N5O3/c1-10-14(15(21-24-10)13-5-3-4-7-18-13)17(23)22-8-6-12(9-22)16-19-11(2)20-25-16/h3-5,7,12H,6,8-9H2,1-2H3. The van der Waals surface area contributed by atoms with Gasteiger partial charge in [-0.25, -0.2) is 0 Å². The van der Waals surface area contributed by atoms with E-state index in [0.717, 1.165) is 6.42 Å². The van der Waals surface area contributed by atoms with Crippen LogP contribution in [0.2, 0.25) is 0 Å². The van der Waals surface area contributed by atoms with Crippen molar-refractivity contribution in [1.29, 1.82) is 0 Å². The van der Waals surface area contributed by atoms with Gasteiger partial charge in [-0.15, -0.1) is 0 Å². The molecular formula is C17H17N5O3. The lowest BCUT2D eigenvalue weighted by molar-refractivity contribution is 0.0788. The Morgan fingerprint density at radius 1 is 1.24 bits per heavy atom. The SMILES string of the molecule is Cc1noc(C2CCN(C(=O)c3c(-c4ccccn4)noc3C)C2)n1. The highest BCUT2D eigenvalue weighted by atomic mass is 16.5. The first kappa shape index (κ1) is 15.5. The number of aryl methyl sites for hydroxylation is 2. The molecule has 8 nitrogen and oxygen atoms in total. The number of hydrogen-bond donors (Lipinski definition) is 0. The zero-order chi connectivity index (χ0) is 17.4. The van der Waals surface area contributed by atoms with E-state index in [-0.39, 0.29) is 11.8 Å². The molecular weight excluding hydrogens is 322 g/mol. The van der Waals surface area contributed by atoms with Crippen molar-refractivity contribution in [2.24, 2.45) is 0 Å². The van der Waals surface area contributed by atoms with Gasteiger partial charge in [-0.05, 0) is 32.4 Å². The van der Waals surface area contributed by atoms with Crippen molar-refractivity contribution in [3.05, 3.63) is 47.4 Å². The zero-order valence-corrected chi connectivity index (χ0v) is 14.0. The van der Waals surface area contributed by atoms with Crippen LogP contribution in [0.4, 0.5) is 0 Å². The first-order chi connectivity index (χ1) is 12.1. The third-order valence-corrected chi connectivity index (χ3v) is 4.35. The van der Waals surface area contributed by atoms with Gasteiger partial charge in [0, 0.05) is 19.3 Å². The molecule has 1 saturated heterocycles. The van der Waals surface area contributed by atoms with E-state index in [1.807, 2.05) is 18.2 Å². The van der Waals surface area contributed by atoms with E-state index in [1.54, 1.807) is 24.9 Å². The highest BCUT2D eigenvalue weighted by molar-refractivity contribution is 6.00. The Morgan fingerprint density at radius 2 is 2.12 bits per heavy atom. The topological polar surface area (TPSA) is 98.2 Å². The van der Waals surface area contributed by atoms with Crippen molar-refractivity contribution in [2.45, 2.75) is 26.2 Å². The maximum atomic E-state index is 13.0. The summed E-state index contributed by atoms with van der Waals surface area (Å²) in [4.78, 5) is 23.4. The van der Waals surface area contributed by atoms with E-state index in [4.69, 9.17) is 9.05 Å². The smallest absolute Gasteiger partial charge is 0.259 e. The number of hydrogen-bond acceptors (Lipinski definition) is 7. The number of rotatable bonds is 3. The maximum absolute atomic E-state index is 13.0. The zero-order valence-electron chi connectivity index (χ0n) is 14.0. The fourth-order valence-electron chi connectivity index (χ4n) is 3.09. The van der Waals surface area contributed by atoms with Crippen LogP contribution < -0.4 is 0 Å². The average Bonchev–Trinajstić information content (AvgIpc) is 3.34. The molecule has 128 valence electrons. The molecule has 1 atom stereocenters. The molecule has 4 heterocycles. The van der Waals surface area contributed by atoms with Gasteiger partial charge in [-0.3, -0.25) is 9.78 Å². The fraction of sp³-hybridized carbons (Fsp3) is 0.353. The molecule has 0 saturated carbocycles. The minimum atomic E-state index is -0.113. The molecule has 0 aliphatic carbocycles. The number of nitrogens with zero attached hydrogens (tertiary/aromatic N) is 5. The Balaban J connectivity index is 1.59. The van der Waals surface area contributed by atoms with Gasteiger partial charge < -0.3 is 13.9 Å². The summed E-state index contributed by atoms with van der Waals surface area (Å²) in [6.45, 7) is 4.68. The molecule has 0 aromatic carbocycles. The van der Waals surface area contributed by atoms with Gasteiger partial charge in [0.2, 0.25) is 5.89 Å². The largest absolute Gasteiger partial charge is 0.360 e. The van der Waals surface area contributed by atoms with Gasteiger partial charge in [0.15, 0.2) is 5.82 Å². The minimum absolute atomic E-state index is 0.0589. The van der Waals surface area contributed by atoms with E-state index in [2.05, 4.69) is 20.3 Å². The molecule has 0 bridgehead atoms. The van der Waals surface area contributed by atoms with E-state index in [0.29, 0.717) is 47.5 Å². The van der Waals surface area contributed by atoms with E-state index in [1.165, 1.54) is 0 Å². The lowest BCUT2D eigenvalue weighted by Crippen LogP contribution is -2.29. The molecule has 1 fully saturated rings. The molecule has 3 aromatic heterocycles. The second kappa shape index (κ2) is 6.12. The Hall–Kier alpha value is -3.03. The van der Waals surface area contributed by atoms with Crippen LogP contribution in [0.15, 0.2) is 33.4 Å². The molecule has 1 unspecified atom stereocenters. The van der Waals surface area contributed by atoms with Crippen LogP contribution in [-0.4, -0.2) is 44.2 Å². The third-order valence-electron chi connectivity index (χ3n) is 4.35. The molecule has 0 N–H and O–H groups in total. The Bertz CT molecular complexity index is 902. The van der Waals surface area contributed by atoms with Gasteiger partial charge >= 0.3 is 0 Å². The number of amides is 1. The number of carbonyl (C=O) groups excluding carboxylic acids is 1. The van der Waals surface area contributed by atoms with Gasteiger partial charge in [0.05, 0.1) is 11.6 Å². The monoisotopic (exact) mass is 339 g/mol. The van der Waals surface area contributed by atoms with Crippen LogP contribution in [0.1, 0.15) is 40.2 Å². The molecule has 1 amide bonds. The molecule has 0 radical (unpaired) electrons. The number of pyridine rings is 1. The van der Waals surface area contributed by atoms with Gasteiger partial charge in [0.1, 0.15) is 17.0 Å². The summed E-state index contributed by atoms with van der Waals surface area (Å²) in [5, 5.41) is 7.86. The van der Waals surface area contributed by atoms with Crippen molar-refractivity contribution >= 4 is 5.91 Å². The van der Waals surface area contributed by atoms with Crippen LogP contribution >= 0.6 is 0 Å². The van der Waals surface area contributed by atoms with Crippen LogP contribution in [0.25, 0.3) is 11.4 Å². The lowest BCUT2D eigenvalue weighted by Gasteiger charge is -2.15. The second-order valence-corrected chi connectivity index (χ2v) is 6.09. The predicted octanol–water partition coefficient (Wildman–Crippen LogP) is 2.37. The van der Waals surface area contributed by atoms with E-state index >= 15 is 0 Å². The Labute approximate surface area is 143 Å². The van der Waals surface area contributed by atoms with Gasteiger partial charge in [-0.1, -0.05) is 16.4 Å². The second-order valence-electron chi connectivity index (χ2n) is 6.09. The molecule has 25 heavy (non-hydrogen) atoms. The summed E-state index contributed by atoms with van der Waals surface area (Å²) >= 11 is 0. The third kappa shape index (κ3) is 2.79. The normalized spacial score (nSPS) is 17.2. The first-order valence-corrected chi connectivity index (χ1v) is 8.10. The van der Waals surface area contributed by atoms with Crippen molar-refractivity contribution in [2.75, 3.05) is 13.1 Å². The van der Waals surface area contributed by atoms with Crippen LogP contribution in [0.3, 0.4) is 0 Å². The van der Waals surface area contributed by atoms with Crippen molar-refractivity contribution in [3.63, 3.8) is 0 Å². The molecule has 1 aliphatic rings. The Kier molecular flexibility index (Phi) is 3.79. The summed E-state index contributed by atoms with van der Waals surface area (Å²) in [7, 11) is 0. The summed E-state index contributed by atoms with van der Waals surface area (Å²) in [6, 6.07) is 5.47. The summed E-state index contributed by atoms with van der Waals surface area (Å²) < 4.78 is 10.5. The van der Waals surface area contributed by atoms with E-state index < -0.39 is 0 Å². The first-order valence-electron chi connectivity index (χ1n) is 8.10. The summed E-state index contributed by atoms with van der Waals surface area (Å²) in [6.07, 6.45) is 2.45. The van der Waals surface area contributed by atoms with Crippen LogP contribution in [-0.2, 0) is 0 Å². The van der Waals surface area contributed by atoms with Crippen LogP contribution in [0.5, 0.6) is 0 Å². The highest BCUT2D eigenvalue weighted by Gasteiger charge is 2.34. The van der Waals surface area contributed by atoms with E-state index in [9.17, 15) is 4.79 Å². The summed E-state index contributed by atoms with van der Waals surface area (Å²) in [5.74, 6) is 1.62. The van der Waals surface area contributed by atoms with Gasteiger partial charge in [0.25, 0.3) is 5.91 Å². The number of likely N-dealkylation sites (tertiary alicyclic amines) is 1. The Morgan fingerprint density at radius 3 is 2.84 bits per heavy atom. The highest BCUT2D eigenvalue weighted by Crippen LogP contribution is 2.30. The van der Waals surface area contributed by atoms with Crippen molar-refractivity contribution in [3.8, 4) is 11.4 Å². The lowest BCUT2D eigenvalue weighted by atomic mass is 10.1. The van der Waals surface area contributed by atoms with Crippen molar-refractivity contribution in [1.82, 2.24) is 25.2 Å². The minimum Gasteiger partial charge on any atom is -0.360 e. The average molecular weight is 339 g/mol. The molecule has 3 aromatic rings. The van der Waals surface area contributed by atoms with Crippen molar-refractivity contribution < 1.29 is 13.8 Å². The molecule has 8 heteroatoms.